The molecule has 0 saturated heterocycles. The minimum atomic E-state index is -0.176. The van der Waals surface area contributed by atoms with Crippen molar-refractivity contribution in [3.8, 4) is 0 Å². The van der Waals surface area contributed by atoms with Crippen LogP contribution in [0.1, 0.15) is 31.4 Å². The molecule has 0 aromatic carbocycles. The van der Waals surface area contributed by atoms with Crippen molar-refractivity contribution < 1.29 is 10.2 Å². The fourth-order valence-corrected chi connectivity index (χ4v) is 3.41. The van der Waals surface area contributed by atoms with Crippen molar-refractivity contribution >= 4 is 11.5 Å². The van der Waals surface area contributed by atoms with Crippen LogP contribution in [0.15, 0.2) is 42.4 Å². The highest BCUT2D eigenvalue weighted by Crippen LogP contribution is 2.29. The van der Waals surface area contributed by atoms with Crippen molar-refractivity contribution in [1.82, 2.24) is 14.9 Å². The molecule has 140 valence electrons. The number of anilines is 1. The molecule has 0 unspecified atom stereocenters. The maximum atomic E-state index is 9.64. The molecule has 7 nitrogen and oxygen atoms in total. The lowest BCUT2D eigenvalue weighted by atomic mass is 9.93. The zero-order valence-corrected chi connectivity index (χ0v) is 14.9. The second-order valence-corrected chi connectivity index (χ2v) is 6.73. The lowest BCUT2D eigenvalue weighted by molar-refractivity contribution is 0.126. The number of aliphatic hydroxyl groups is 2. The van der Waals surface area contributed by atoms with Crippen LogP contribution >= 0.6 is 0 Å². The number of allylic oxidation sites excluding steroid dienone is 2. The van der Waals surface area contributed by atoms with Gasteiger partial charge in [0, 0.05) is 37.1 Å². The smallest absolute Gasteiger partial charge is 0.223 e. The zero-order chi connectivity index (χ0) is 18.4. The molecule has 1 aromatic rings. The lowest BCUT2D eigenvalue weighted by Crippen LogP contribution is -2.29. The number of hydrogen-bond donors (Lipinski definition) is 4. The Balaban J connectivity index is 1.77. The first-order valence-corrected chi connectivity index (χ1v) is 9.12. The van der Waals surface area contributed by atoms with Gasteiger partial charge in [0.1, 0.15) is 0 Å². The van der Waals surface area contributed by atoms with E-state index in [4.69, 9.17) is 5.73 Å². The van der Waals surface area contributed by atoms with E-state index in [2.05, 4.69) is 20.2 Å². The molecule has 2 heterocycles. The monoisotopic (exact) mass is 357 g/mol. The number of nitrogens with zero attached hydrogens (tertiary/aromatic N) is 3. The van der Waals surface area contributed by atoms with Gasteiger partial charge in [-0.1, -0.05) is 6.08 Å². The van der Waals surface area contributed by atoms with Gasteiger partial charge in [-0.25, -0.2) is 9.97 Å². The van der Waals surface area contributed by atoms with Crippen molar-refractivity contribution in [3.63, 3.8) is 0 Å². The van der Waals surface area contributed by atoms with E-state index in [0.29, 0.717) is 25.1 Å². The molecule has 0 amide bonds. The van der Waals surface area contributed by atoms with Gasteiger partial charge < -0.3 is 26.2 Å². The zero-order valence-electron chi connectivity index (χ0n) is 14.9. The van der Waals surface area contributed by atoms with Gasteiger partial charge >= 0.3 is 0 Å². The van der Waals surface area contributed by atoms with Crippen molar-refractivity contribution in [3.05, 3.63) is 48.1 Å². The third kappa shape index (κ3) is 4.62. The molecule has 2 aliphatic rings. The van der Waals surface area contributed by atoms with Gasteiger partial charge in [-0.3, -0.25) is 0 Å². The van der Waals surface area contributed by atoms with Crippen LogP contribution in [0.4, 0.5) is 5.95 Å². The summed E-state index contributed by atoms with van der Waals surface area (Å²) in [6.45, 7) is 1.40. The van der Waals surface area contributed by atoms with Crippen molar-refractivity contribution in [2.75, 3.05) is 25.0 Å². The number of aromatic nitrogens is 2. The van der Waals surface area contributed by atoms with Gasteiger partial charge in [-0.15, -0.1) is 0 Å². The summed E-state index contributed by atoms with van der Waals surface area (Å²) in [5.41, 5.74) is 8.43. The molecule has 0 spiro atoms. The summed E-state index contributed by atoms with van der Waals surface area (Å²) in [7, 11) is 0. The van der Waals surface area contributed by atoms with E-state index in [1.807, 2.05) is 18.3 Å². The minimum Gasteiger partial charge on any atom is -0.405 e. The van der Waals surface area contributed by atoms with Gasteiger partial charge in [-0.05, 0) is 49.6 Å². The van der Waals surface area contributed by atoms with Crippen LogP contribution in [0, 0.1) is 0 Å². The Morgan fingerprint density at radius 2 is 2.12 bits per heavy atom. The highest BCUT2D eigenvalue weighted by Gasteiger charge is 2.22. The topological polar surface area (TPSA) is 108 Å². The first-order valence-electron chi connectivity index (χ1n) is 9.12. The van der Waals surface area contributed by atoms with E-state index < -0.39 is 0 Å². The first kappa shape index (κ1) is 18.4. The van der Waals surface area contributed by atoms with E-state index in [-0.39, 0.29) is 12.7 Å². The Morgan fingerprint density at radius 1 is 1.31 bits per heavy atom. The summed E-state index contributed by atoms with van der Waals surface area (Å²) in [4.78, 5) is 11.1. The summed E-state index contributed by atoms with van der Waals surface area (Å²) < 4.78 is 0. The van der Waals surface area contributed by atoms with E-state index >= 15 is 0 Å². The average molecular weight is 357 g/mol. The van der Waals surface area contributed by atoms with E-state index in [9.17, 15) is 10.2 Å². The average Bonchev–Trinajstić information content (AvgIpc) is 3.05. The predicted molar refractivity (Wildman–Crippen MR) is 102 cm³/mol. The highest BCUT2D eigenvalue weighted by atomic mass is 16.3. The molecule has 0 radical (unpaired) electrons. The van der Waals surface area contributed by atoms with Gasteiger partial charge in [0.2, 0.25) is 5.95 Å². The molecule has 1 saturated carbocycles. The van der Waals surface area contributed by atoms with Gasteiger partial charge in [0.15, 0.2) is 0 Å². The summed E-state index contributed by atoms with van der Waals surface area (Å²) >= 11 is 0. The quantitative estimate of drug-likeness (QED) is 0.607. The molecule has 3 rings (SSSR count). The van der Waals surface area contributed by atoms with Crippen molar-refractivity contribution in [2.24, 2.45) is 5.73 Å². The van der Waals surface area contributed by atoms with Gasteiger partial charge in [0.25, 0.3) is 0 Å². The third-order valence-corrected chi connectivity index (χ3v) is 4.79. The molecule has 26 heavy (non-hydrogen) atoms. The summed E-state index contributed by atoms with van der Waals surface area (Å²) in [6.07, 6.45) is 12.4. The van der Waals surface area contributed by atoms with Crippen LogP contribution in [-0.2, 0) is 0 Å². The second-order valence-electron chi connectivity index (χ2n) is 6.73. The van der Waals surface area contributed by atoms with E-state index in [1.165, 1.54) is 6.20 Å². The molecule has 1 aliphatic heterocycles. The Morgan fingerprint density at radius 3 is 2.85 bits per heavy atom. The largest absolute Gasteiger partial charge is 0.405 e. The number of β-amino-alcohol motifs (C(OH)–C–C–N with tert-alkyl or cyclic N) is 1. The maximum Gasteiger partial charge on any atom is 0.223 e. The predicted octanol–water partition coefficient (Wildman–Crippen LogP) is 1.24. The standard InChI is InChI=1S/C19H27N5O2/c20-8-1-2-14-12-24(10-11-25)13-17(14)18-7-9-21-19(23-18)22-15-3-5-16(26)6-4-15/h1-2,7-9,13,15-16,25-26H,3-6,10-12,20H2,(H,21,22,23)/b8-1-,14-2+. The van der Waals surface area contributed by atoms with E-state index in [1.54, 1.807) is 12.3 Å². The van der Waals surface area contributed by atoms with Crippen LogP contribution in [0.25, 0.3) is 5.57 Å². The highest BCUT2D eigenvalue weighted by molar-refractivity contribution is 5.80. The molecule has 1 aliphatic carbocycles. The first-order chi connectivity index (χ1) is 12.7. The summed E-state index contributed by atoms with van der Waals surface area (Å²) in [6, 6.07) is 2.19. The maximum absolute atomic E-state index is 9.64. The van der Waals surface area contributed by atoms with Crippen LogP contribution in [0.5, 0.6) is 0 Å². The Kier molecular flexibility index (Phi) is 6.25. The number of aliphatic hydroxyl groups excluding tert-OH is 2. The number of nitrogens with one attached hydrogen (secondary N) is 1. The molecule has 0 bridgehead atoms. The molecule has 0 atom stereocenters. The molecule has 1 aromatic heterocycles. The normalized spacial score (nSPS) is 25.1. The van der Waals surface area contributed by atoms with Crippen LogP contribution in [0.3, 0.4) is 0 Å². The molecular formula is C19H27N5O2. The summed E-state index contributed by atoms with van der Waals surface area (Å²) in [5.74, 6) is 0.610. The van der Waals surface area contributed by atoms with Crippen molar-refractivity contribution in [2.45, 2.75) is 37.8 Å². The Labute approximate surface area is 154 Å². The van der Waals surface area contributed by atoms with E-state index in [0.717, 1.165) is 42.5 Å². The van der Waals surface area contributed by atoms with Gasteiger partial charge in [0.05, 0.1) is 18.4 Å². The molecule has 1 fully saturated rings. The van der Waals surface area contributed by atoms with Crippen LogP contribution in [-0.4, -0.2) is 56.9 Å². The molecule has 5 N–H and O–H groups in total. The SMILES string of the molecule is N/C=C\C=C1/CN(CCO)C=C1c1ccnc(NC2CCC(O)CC2)n1. The fraction of sp³-hybridized carbons (Fsp3) is 0.474. The number of hydrogen-bond acceptors (Lipinski definition) is 7. The van der Waals surface area contributed by atoms with Crippen molar-refractivity contribution in [1.29, 1.82) is 0 Å². The van der Waals surface area contributed by atoms with Crippen LogP contribution < -0.4 is 11.1 Å². The number of rotatable bonds is 6. The second kappa shape index (κ2) is 8.82. The summed E-state index contributed by atoms with van der Waals surface area (Å²) in [5, 5.41) is 22.2. The lowest BCUT2D eigenvalue weighted by Gasteiger charge is -2.26. The fourth-order valence-electron chi connectivity index (χ4n) is 3.41. The Bertz CT molecular complexity index is 693. The number of nitrogens with two attached hydrogens (primary N) is 1. The third-order valence-electron chi connectivity index (χ3n) is 4.79. The Hall–Kier alpha value is -2.38. The molecular weight excluding hydrogens is 330 g/mol. The molecule has 7 heteroatoms. The van der Waals surface area contributed by atoms with Crippen LogP contribution in [0.2, 0.25) is 0 Å². The minimum absolute atomic E-state index is 0.105. The van der Waals surface area contributed by atoms with Gasteiger partial charge in [-0.2, -0.15) is 0 Å².